The lowest BCUT2D eigenvalue weighted by atomic mass is 10.0. The van der Waals surface area contributed by atoms with Crippen molar-refractivity contribution >= 4 is 5.91 Å². The number of rotatable bonds is 3. The summed E-state index contributed by atoms with van der Waals surface area (Å²) in [5.74, 6) is 0.284. The van der Waals surface area contributed by atoms with Crippen molar-refractivity contribution in [3.05, 3.63) is 0 Å². The van der Waals surface area contributed by atoms with Crippen molar-refractivity contribution in [1.29, 1.82) is 0 Å². The third-order valence-electron chi connectivity index (χ3n) is 3.56. The second kappa shape index (κ2) is 4.49. The Kier molecular flexibility index (Phi) is 3.26. The smallest absolute Gasteiger partial charge is 0.224 e. The van der Waals surface area contributed by atoms with Crippen molar-refractivity contribution in [2.75, 3.05) is 19.6 Å². The van der Waals surface area contributed by atoms with Gasteiger partial charge in [0.15, 0.2) is 0 Å². The Hall–Kier alpha value is -0.610. The Bertz CT molecular complexity index is 236. The monoisotopic (exact) mass is 211 g/mol. The molecule has 2 aliphatic rings. The first-order valence-electron chi connectivity index (χ1n) is 5.99. The summed E-state index contributed by atoms with van der Waals surface area (Å²) < 4.78 is 0. The zero-order valence-corrected chi connectivity index (χ0v) is 9.41. The molecule has 1 aliphatic heterocycles. The normalized spacial score (nSPS) is 32.7. The molecule has 0 aromatic heterocycles. The van der Waals surface area contributed by atoms with Crippen LogP contribution in [0.4, 0.5) is 0 Å². The first kappa shape index (κ1) is 10.9. The second-order valence-corrected chi connectivity index (χ2v) is 4.72. The Morgan fingerprint density at radius 1 is 1.47 bits per heavy atom. The van der Waals surface area contributed by atoms with Gasteiger partial charge in [-0.25, -0.2) is 0 Å². The molecule has 1 amide bonds. The summed E-state index contributed by atoms with van der Waals surface area (Å²) in [6, 6.07) is 0.508. The zero-order chi connectivity index (χ0) is 10.8. The predicted octanol–water partition coefficient (Wildman–Crippen LogP) is -0.0659. The molecular formula is C11H21N3O. The summed E-state index contributed by atoms with van der Waals surface area (Å²) in [5.41, 5.74) is 5.65. The van der Waals surface area contributed by atoms with E-state index in [0.29, 0.717) is 6.04 Å². The third kappa shape index (κ3) is 2.69. The number of nitrogens with one attached hydrogen (secondary N) is 1. The fourth-order valence-electron chi connectivity index (χ4n) is 2.22. The van der Waals surface area contributed by atoms with Crippen molar-refractivity contribution in [3.63, 3.8) is 0 Å². The predicted molar refractivity (Wildman–Crippen MR) is 59.4 cm³/mol. The number of hydrogen-bond acceptors (Lipinski definition) is 3. The fraction of sp³-hybridized carbons (Fsp3) is 0.909. The molecule has 1 heterocycles. The molecule has 0 aromatic carbocycles. The van der Waals surface area contributed by atoms with Gasteiger partial charge in [0.05, 0.1) is 5.92 Å². The molecule has 2 unspecified atom stereocenters. The highest BCUT2D eigenvalue weighted by Gasteiger charge is 2.40. The van der Waals surface area contributed by atoms with E-state index in [0.717, 1.165) is 38.9 Å². The minimum absolute atomic E-state index is 0.106. The number of likely N-dealkylation sites (tertiary alicyclic amines) is 1. The maximum atomic E-state index is 11.6. The highest BCUT2D eigenvalue weighted by molar-refractivity contribution is 5.82. The topological polar surface area (TPSA) is 58.4 Å². The summed E-state index contributed by atoms with van der Waals surface area (Å²) in [7, 11) is 0. The first-order chi connectivity index (χ1) is 7.20. The van der Waals surface area contributed by atoms with Gasteiger partial charge >= 0.3 is 0 Å². The number of hydrogen-bond donors (Lipinski definition) is 2. The van der Waals surface area contributed by atoms with Gasteiger partial charge in [-0.05, 0) is 25.8 Å². The van der Waals surface area contributed by atoms with Crippen LogP contribution in [0.1, 0.15) is 26.2 Å². The van der Waals surface area contributed by atoms with E-state index in [1.54, 1.807) is 0 Å². The van der Waals surface area contributed by atoms with Gasteiger partial charge in [-0.3, -0.25) is 4.79 Å². The summed E-state index contributed by atoms with van der Waals surface area (Å²) >= 11 is 0. The van der Waals surface area contributed by atoms with Gasteiger partial charge in [-0.15, -0.1) is 0 Å². The molecule has 15 heavy (non-hydrogen) atoms. The van der Waals surface area contributed by atoms with Crippen LogP contribution in [0.15, 0.2) is 0 Å². The van der Waals surface area contributed by atoms with Crippen LogP contribution in [0.5, 0.6) is 0 Å². The lowest BCUT2D eigenvalue weighted by molar-refractivity contribution is -0.123. The van der Waals surface area contributed by atoms with Crippen LogP contribution in [0.25, 0.3) is 0 Å². The van der Waals surface area contributed by atoms with Crippen molar-refractivity contribution in [2.24, 2.45) is 11.7 Å². The standard InChI is InChI=1S/C11H21N3O/c1-2-14-5-3-8(4-6-14)13-11(15)9-7-10(9)12/h8-10H,2-7,12H2,1H3,(H,13,15). The quantitative estimate of drug-likeness (QED) is 0.687. The van der Waals surface area contributed by atoms with E-state index in [9.17, 15) is 4.79 Å². The van der Waals surface area contributed by atoms with Crippen LogP contribution in [0.2, 0.25) is 0 Å². The molecule has 2 rings (SSSR count). The Balaban J connectivity index is 1.70. The van der Waals surface area contributed by atoms with Crippen LogP contribution in [-0.2, 0) is 4.79 Å². The van der Waals surface area contributed by atoms with Gasteiger partial charge in [0.25, 0.3) is 0 Å². The molecule has 1 saturated carbocycles. The van der Waals surface area contributed by atoms with Crippen molar-refractivity contribution in [2.45, 2.75) is 38.3 Å². The third-order valence-corrected chi connectivity index (χ3v) is 3.56. The van der Waals surface area contributed by atoms with Gasteiger partial charge in [-0.1, -0.05) is 6.92 Å². The Morgan fingerprint density at radius 3 is 2.53 bits per heavy atom. The van der Waals surface area contributed by atoms with Gasteiger partial charge in [0.1, 0.15) is 0 Å². The first-order valence-corrected chi connectivity index (χ1v) is 5.99. The molecule has 4 heteroatoms. The van der Waals surface area contributed by atoms with Crippen LogP contribution in [0, 0.1) is 5.92 Å². The van der Waals surface area contributed by atoms with Crippen molar-refractivity contribution in [1.82, 2.24) is 10.2 Å². The number of carbonyl (C=O) groups excluding carboxylic acids is 1. The van der Waals surface area contributed by atoms with E-state index in [1.165, 1.54) is 0 Å². The van der Waals surface area contributed by atoms with Crippen LogP contribution < -0.4 is 11.1 Å². The zero-order valence-electron chi connectivity index (χ0n) is 9.41. The summed E-state index contributed by atoms with van der Waals surface area (Å²) in [6.07, 6.45) is 3.04. The number of nitrogens with two attached hydrogens (primary N) is 1. The van der Waals surface area contributed by atoms with E-state index in [4.69, 9.17) is 5.73 Å². The maximum absolute atomic E-state index is 11.6. The van der Waals surface area contributed by atoms with Crippen molar-refractivity contribution < 1.29 is 4.79 Å². The molecule has 1 aliphatic carbocycles. The van der Waals surface area contributed by atoms with Gasteiger partial charge in [0.2, 0.25) is 5.91 Å². The molecule has 3 N–H and O–H groups in total. The molecular weight excluding hydrogens is 190 g/mol. The highest BCUT2D eigenvalue weighted by Crippen LogP contribution is 2.28. The molecule has 86 valence electrons. The fourth-order valence-corrected chi connectivity index (χ4v) is 2.22. The van der Waals surface area contributed by atoms with E-state index < -0.39 is 0 Å². The molecule has 0 bridgehead atoms. The number of carbonyl (C=O) groups is 1. The molecule has 2 atom stereocenters. The Labute approximate surface area is 91.2 Å². The number of amides is 1. The van der Waals surface area contributed by atoms with E-state index in [-0.39, 0.29) is 17.9 Å². The highest BCUT2D eigenvalue weighted by atomic mass is 16.2. The molecule has 0 radical (unpaired) electrons. The van der Waals surface area contributed by atoms with Gasteiger partial charge in [0, 0.05) is 25.2 Å². The van der Waals surface area contributed by atoms with Crippen LogP contribution in [-0.4, -0.2) is 42.5 Å². The van der Waals surface area contributed by atoms with E-state index in [2.05, 4.69) is 17.1 Å². The van der Waals surface area contributed by atoms with Gasteiger partial charge < -0.3 is 16.0 Å². The van der Waals surface area contributed by atoms with E-state index >= 15 is 0 Å². The largest absolute Gasteiger partial charge is 0.353 e. The summed E-state index contributed by atoms with van der Waals surface area (Å²) in [4.78, 5) is 14.1. The molecule has 4 nitrogen and oxygen atoms in total. The van der Waals surface area contributed by atoms with Crippen LogP contribution in [0.3, 0.4) is 0 Å². The Morgan fingerprint density at radius 2 is 2.07 bits per heavy atom. The lowest BCUT2D eigenvalue weighted by Crippen LogP contribution is -2.45. The molecule has 0 spiro atoms. The van der Waals surface area contributed by atoms with Crippen molar-refractivity contribution in [3.8, 4) is 0 Å². The average Bonchev–Trinajstić information content (AvgIpc) is 2.97. The summed E-state index contributed by atoms with van der Waals surface area (Å²) in [6.45, 7) is 5.52. The average molecular weight is 211 g/mol. The lowest BCUT2D eigenvalue weighted by Gasteiger charge is -2.31. The summed E-state index contributed by atoms with van der Waals surface area (Å²) in [5, 5.41) is 3.11. The minimum Gasteiger partial charge on any atom is -0.353 e. The number of nitrogens with zero attached hydrogens (tertiary/aromatic N) is 1. The molecule has 2 fully saturated rings. The SMILES string of the molecule is CCN1CCC(NC(=O)C2CC2N)CC1. The van der Waals surface area contributed by atoms with E-state index in [1.807, 2.05) is 0 Å². The van der Waals surface area contributed by atoms with Gasteiger partial charge in [-0.2, -0.15) is 0 Å². The molecule has 1 saturated heterocycles. The maximum Gasteiger partial charge on any atom is 0.224 e. The second-order valence-electron chi connectivity index (χ2n) is 4.72. The van der Waals surface area contributed by atoms with Crippen LogP contribution >= 0.6 is 0 Å². The minimum atomic E-state index is 0.106. The number of piperidine rings is 1. The molecule has 0 aromatic rings.